The zero-order chi connectivity index (χ0) is 11.5. The lowest BCUT2D eigenvalue weighted by Crippen LogP contribution is -2.27. The van der Waals surface area contributed by atoms with E-state index in [0.29, 0.717) is 0 Å². The molecule has 0 rings (SSSR count). The fourth-order valence-electron chi connectivity index (χ4n) is 1.12. The number of hydrogen-bond donors (Lipinski definition) is 1. The molecule has 1 unspecified atom stereocenters. The van der Waals surface area contributed by atoms with Crippen molar-refractivity contribution in [2.24, 2.45) is 11.8 Å². The highest BCUT2D eigenvalue weighted by Gasteiger charge is 2.05. The Balaban J connectivity index is 3.05. The zero-order valence-corrected chi connectivity index (χ0v) is 10.7. The van der Waals surface area contributed by atoms with Gasteiger partial charge in [0.1, 0.15) is 0 Å². The van der Waals surface area contributed by atoms with Crippen LogP contribution in [0, 0.1) is 11.8 Å². The summed E-state index contributed by atoms with van der Waals surface area (Å²) in [5.74, 6) is 1.48. The quantitative estimate of drug-likeness (QED) is 0.567. The van der Waals surface area contributed by atoms with Gasteiger partial charge in [-0.05, 0) is 24.8 Å². The molecule has 0 aromatic rings. The molecule has 3 heteroatoms. The largest absolute Gasteiger partial charge is 0.385 e. The highest BCUT2D eigenvalue weighted by molar-refractivity contribution is 4.59. The first kappa shape index (κ1) is 14.9. The predicted octanol–water partition coefficient (Wildman–Crippen LogP) is 1.92. The minimum atomic E-state index is 0.735. The molecule has 1 N–H and O–H groups in total. The molecule has 0 fully saturated rings. The third kappa shape index (κ3) is 10.2. The summed E-state index contributed by atoms with van der Waals surface area (Å²) in [6, 6.07) is 0. The predicted molar refractivity (Wildman–Crippen MR) is 64.2 cm³/mol. The Labute approximate surface area is 94.5 Å². The van der Waals surface area contributed by atoms with Crippen LogP contribution in [-0.2, 0) is 9.47 Å². The van der Waals surface area contributed by atoms with Gasteiger partial charge in [0.15, 0.2) is 0 Å². The van der Waals surface area contributed by atoms with E-state index in [2.05, 4.69) is 26.1 Å². The fourth-order valence-corrected chi connectivity index (χ4v) is 1.12. The Morgan fingerprint density at radius 3 is 2.40 bits per heavy atom. The molecular formula is C12H27NO2. The van der Waals surface area contributed by atoms with Crippen LogP contribution in [0.5, 0.6) is 0 Å². The molecule has 15 heavy (non-hydrogen) atoms. The maximum Gasteiger partial charge on any atom is 0.0590 e. The molecule has 0 bridgehead atoms. The Morgan fingerprint density at radius 2 is 1.80 bits per heavy atom. The van der Waals surface area contributed by atoms with Crippen LogP contribution in [0.4, 0.5) is 0 Å². The van der Waals surface area contributed by atoms with Crippen molar-refractivity contribution in [1.29, 1.82) is 0 Å². The summed E-state index contributed by atoms with van der Waals surface area (Å²) in [7, 11) is 1.72. The minimum absolute atomic E-state index is 0.735. The Hall–Kier alpha value is -0.120. The summed E-state index contributed by atoms with van der Waals surface area (Å²) in [5.41, 5.74) is 0. The third-order valence-corrected chi connectivity index (χ3v) is 2.66. The van der Waals surface area contributed by atoms with Crippen molar-refractivity contribution < 1.29 is 9.47 Å². The first-order chi connectivity index (χ1) is 7.18. The van der Waals surface area contributed by atoms with Gasteiger partial charge in [-0.25, -0.2) is 0 Å². The van der Waals surface area contributed by atoms with Crippen molar-refractivity contribution in [2.75, 3.05) is 40.0 Å². The van der Waals surface area contributed by atoms with Gasteiger partial charge < -0.3 is 14.8 Å². The van der Waals surface area contributed by atoms with Gasteiger partial charge in [-0.15, -0.1) is 0 Å². The normalized spacial score (nSPS) is 13.4. The van der Waals surface area contributed by atoms with Gasteiger partial charge in [0, 0.05) is 26.9 Å². The second-order valence-corrected chi connectivity index (χ2v) is 4.38. The van der Waals surface area contributed by atoms with Gasteiger partial charge in [0.25, 0.3) is 0 Å². The SMILES string of the molecule is COCCCOCCNCC(C)C(C)C. The highest BCUT2D eigenvalue weighted by Crippen LogP contribution is 2.06. The minimum Gasteiger partial charge on any atom is -0.385 e. The van der Waals surface area contributed by atoms with E-state index in [1.807, 2.05) is 0 Å². The molecule has 0 amide bonds. The summed E-state index contributed by atoms with van der Waals surface area (Å²) in [5, 5.41) is 3.40. The Bertz CT molecular complexity index is 129. The van der Waals surface area contributed by atoms with Gasteiger partial charge >= 0.3 is 0 Å². The van der Waals surface area contributed by atoms with Crippen molar-refractivity contribution in [3.63, 3.8) is 0 Å². The van der Waals surface area contributed by atoms with Crippen LogP contribution in [0.15, 0.2) is 0 Å². The smallest absolute Gasteiger partial charge is 0.0590 e. The molecule has 0 radical (unpaired) electrons. The Morgan fingerprint density at radius 1 is 1.07 bits per heavy atom. The molecular weight excluding hydrogens is 190 g/mol. The number of ether oxygens (including phenoxy) is 2. The van der Waals surface area contributed by atoms with Gasteiger partial charge in [0.05, 0.1) is 6.61 Å². The van der Waals surface area contributed by atoms with E-state index < -0.39 is 0 Å². The number of methoxy groups -OCH3 is 1. The van der Waals surface area contributed by atoms with Crippen LogP contribution in [0.1, 0.15) is 27.2 Å². The van der Waals surface area contributed by atoms with Crippen LogP contribution < -0.4 is 5.32 Å². The lowest BCUT2D eigenvalue weighted by Gasteiger charge is -2.15. The molecule has 3 nitrogen and oxygen atoms in total. The van der Waals surface area contributed by atoms with E-state index in [-0.39, 0.29) is 0 Å². The second-order valence-electron chi connectivity index (χ2n) is 4.38. The van der Waals surface area contributed by atoms with Gasteiger partial charge in [-0.3, -0.25) is 0 Å². The van der Waals surface area contributed by atoms with Crippen LogP contribution >= 0.6 is 0 Å². The van der Waals surface area contributed by atoms with E-state index in [4.69, 9.17) is 9.47 Å². The average Bonchev–Trinajstić information content (AvgIpc) is 2.21. The fraction of sp³-hybridized carbons (Fsp3) is 1.00. The van der Waals surface area contributed by atoms with Crippen molar-refractivity contribution in [3.05, 3.63) is 0 Å². The molecule has 0 spiro atoms. The second kappa shape index (κ2) is 10.4. The van der Waals surface area contributed by atoms with E-state index in [1.54, 1.807) is 7.11 Å². The van der Waals surface area contributed by atoms with Crippen molar-refractivity contribution >= 4 is 0 Å². The summed E-state index contributed by atoms with van der Waals surface area (Å²) in [4.78, 5) is 0. The maximum absolute atomic E-state index is 5.44. The average molecular weight is 217 g/mol. The lowest BCUT2D eigenvalue weighted by atomic mass is 9.98. The van der Waals surface area contributed by atoms with Crippen LogP contribution in [0.25, 0.3) is 0 Å². The first-order valence-electron chi connectivity index (χ1n) is 5.96. The highest BCUT2D eigenvalue weighted by atomic mass is 16.5. The molecule has 0 aromatic carbocycles. The van der Waals surface area contributed by atoms with Crippen LogP contribution in [-0.4, -0.2) is 40.0 Å². The number of rotatable bonds is 10. The molecule has 0 aliphatic rings. The van der Waals surface area contributed by atoms with Crippen molar-refractivity contribution in [3.8, 4) is 0 Å². The first-order valence-corrected chi connectivity index (χ1v) is 5.96. The van der Waals surface area contributed by atoms with E-state index in [1.165, 1.54) is 0 Å². The molecule has 0 aliphatic heterocycles. The van der Waals surface area contributed by atoms with E-state index >= 15 is 0 Å². The molecule has 0 heterocycles. The van der Waals surface area contributed by atoms with E-state index in [0.717, 1.165) is 51.2 Å². The third-order valence-electron chi connectivity index (χ3n) is 2.66. The van der Waals surface area contributed by atoms with Gasteiger partial charge in [-0.1, -0.05) is 20.8 Å². The summed E-state index contributed by atoms with van der Waals surface area (Å²) in [6.45, 7) is 11.2. The van der Waals surface area contributed by atoms with Crippen LogP contribution in [0.2, 0.25) is 0 Å². The molecule has 1 atom stereocenters. The lowest BCUT2D eigenvalue weighted by molar-refractivity contribution is 0.104. The zero-order valence-electron chi connectivity index (χ0n) is 10.7. The number of nitrogens with one attached hydrogen (secondary N) is 1. The Kier molecular flexibility index (Phi) is 10.3. The van der Waals surface area contributed by atoms with Gasteiger partial charge in [-0.2, -0.15) is 0 Å². The maximum atomic E-state index is 5.44. The van der Waals surface area contributed by atoms with Crippen LogP contribution in [0.3, 0.4) is 0 Å². The topological polar surface area (TPSA) is 30.5 Å². The summed E-state index contributed by atoms with van der Waals surface area (Å²) < 4.78 is 10.4. The standard InChI is InChI=1S/C12H27NO2/c1-11(2)12(3)10-13-6-9-15-8-5-7-14-4/h11-13H,5-10H2,1-4H3. The van der Waals surface area contributed by atoms with Gasteiger partial charge in [0.2, 0.25) is 0 Å². The molecule has 0 aliphatic carbocycles. The molecule has 0 aromatic heterocycles. The monoisotopic (exact) mass is 217 g/mol. The van der Waals surface area contributed by atoms with Crippen molar-refractivity contribution in [2.45, 2.75) is 27.2 Å². The molecule has 0 saturated carbocycles. The number of hydrogen-bond acceptors (Lipinski definition) is 3. The molecule has 92 valence electrons. The van der Waals surface area contributed by atoms with E-state index in [9.17, 15) is 0 Å². The van der Waals surface area contributed by atoms with Crippen molar-refractivity contribution in [1.82, 2.24) is 5.32 Å². The molecule has 0 saturated heterocycles. The summed E-state index contributed by atoms with van der Waals surface area (Å²) >= 11 is 0. The summed E-state index contributed by atoms with van der Waals surface area (Å²) in [6.07, 6.45) is 0.985.